The van der Waals surface area contributed by atoms with Crippen LogP contribution in [0.2, 0.25) is 0 Å². The largest absolute Gasteiger partial charge is 0.471 e. The zero-order valence-electron chi connectivity index (χ0n) is 8.88. The van der Waals surface area contributed by atoms with Gasteiger partial charge in [0.2, 0.25) is 0 Å². The van der Waals surface area contributed by atoms with Crippen molar-refractivity contribution in [3.05, 3.63) is 23.8 Å². The van der Waals surface area contributed by atoms with Gasteiger partial charge >= 0.3 is 12.1 Å². The first-order valence-electron chi connectivity index (χ1n) is 4.45. The Labute approximate surface area is 105 Å². The maximum absolute atomic E-state index is 12.0. The van der Waals surface area contributed by atoms with Crippen molar-refractivity contribution in [3.63, 3.8) is 0 Å². The van der Waals surface area contributed by atoms with Crippen LogP contribution in [0.4, 0.5) is 18.9 Å². The van der Waals surface area contributed by atoms with E-state index >= 15 is 0 Å². The maximum Gasteiger partial charge on any atom is 0.471 e. The van der Waals surface area contributed by atoms with E-state index in [-0.39, 0.29) is 16.1 Å². The zero-order chi connectivity index (χ0) is 14.1. The van der Waals surface area contributed by atoms with Gasteiger partial charge in [0, 0.05) is 16.4 Å². The summed E-state index contributed by atoms with van der Waals surface area (Å²) in [6.07, 6.45) is -5.01. The van der Waals surface area contributed by atoms with Gasteiger partial charge in [0.05, 0.1) is 4.90 Å². The van der Waals surface area contributed by atoms with Gasteiger partial charge in [-0.05, 0) is 30.7 Å². The number of carbonyl (C=O) groups excluding carboxylic acids is 1. The minimum absolute atomic E-state index is 0.138. The summed E-state index contributed by atoms with van der Waals surface area (Å²) in [5.74, 6) is -2.13. The molecule has 0 atom stereocenters. The van der Waals surface area contributed by atoms with E-state index in [1.54, 1.807) is 5.32 Å². The lowest BCUT2D eigenvalue weighted by Crippen LogP contribution is -2.30. The lowest BCUT2D eigenvalue weighted by molar-refractivity contribution is -0.167. The van der Waals surface area contributed by atoms with Crippen molar-refractivity contribution < 1.29 is 26.4 Å². The molecule has 0 fully saturated rings. The average molecular weight is 302 g/mol. The fraction of sp³-hybridized carbons (Fsp3) is 0.222. The maximum atomic E-state index is 12.0. The minimum atomic E-state index is -5.01. The van der Waals surface area contributed by atoms with Gasteiger partial charge < -0.3 is 5.32 Å². The monoisotopic (exact) mass is 301 g/mol. The first kappa shape index (κ1) is 14.8. The molecule has 1 rings (SSSR count). The second-order valence-electron chi connectivity index (χ2n) is 3.37. The SMILES string of the molecule is Cc1cc(S(=O)(=O)Cl)ccc1NC(=O)C(F)(F)F. The molecule has 1 aromatic carbocycles. The molecule has 0 bridgehead atoms. The lowest BCUT2D eigenvalue weighted by Gasteiger charge is -2.10. The first-order valence-corrected chi connectivity index (χ1v) is 6.76. The number of amides is 1. The summed E-state index contributed by atoms with van der Waals surface area (Å²) in [6, 6.07) is 3.10. The summed E-state index contributed by atoms with van der Waals surface area (Å²) in [4.78, 5) is 10.4. The van der Waals surface area contributed by atoms with Crippen molar-refractivity contribution >= 4 is 31.3 Å². The van der Waals surface area contributed by atoms with Crippen LogP contribution in [0.25, 0.3) is 0 Å². The highest BCUT2D eigenvalue weighted by molar-refractivity contribution is 8.13. The molecule has 0 saturated heterocycles. The summed E-state index contributed by atoms with van der Waals surface area (Å²) in [5, 5.41) is 1.63. The number of halogens is 4. The molecule has 0 unspecified atom stereocenters. The van der Waals surface area contributed by atoms with Gasteiger partial charge in [-0.3, -0.25) is 4.79 Å². The number of alkyl halides is 3. The predicted molar refractivity (Wildman–Crippen MR) is 58.9 cm³/mol. The van der Waals surface area contributed by atoms with Crippen LogP contribution in [0.1, 0.15) is 5.56 Å². The summed E-state index contributed by atoms with van der Waals surface area (Å²) in [6.45, 7) is 1.34. The highest BCUT2D eigenvalue weighted by Gasteiger charge is 2.38. The predicted octanol–water partition coefficient (Wildman–Crippen LogP) is 2.42. The van der Waals surface area contributed by atoms with Crippen LogP contribution in [0.3, 0.4) is 0 Å². The molecule has 1 amide bonds. The third-order valence-corrected chi connectivity index (χ3v) is 3.34. The molecule has 0 saturated carbocycles. The van der Waals surface area contributed by atoms with E-state index in [4.69, 9.17) is 10.7 Å². The molecule has 0 aliphatic heterocycles. The van der Waals surface area contributed by atoms with E-state index in [1.807, 2.05) is 0 Å². The van der Waals surface area contributed by atoms with Gasteiger partial charge in [0.25, 0.3) is 9.05 Å². The number of nitrogens with one attached hydrogen (secondary N) is 1. The van der Waals surface area contributed by atoms with Gasteiger partial charge in [-0.15, -0.1) is 0 Å². The molecule has 0 radical (unpaired) electrons. The summed E-state index contributed by atoms with van der Waals surface area (Å²) < 4.78 is 58.0. The van der Waals surface area contributed by atoms with E-state index in [0.717, 1.165) is 18.2 Å². The van der Waals surface area contributed by atoms with Crippen LogP contribution in [0, 0.1) is 6.92 Å². The zero-order valence-corrected chi connectivity index (χ0v) is 10.4. The van der Waals surface area contributed by atoms with Crippen LogP contribution in [0.15, 0.2) is 23.1 Å². The highest BCUT2D eigenvalue weighted by Crippen LogP contribution is 2.24. The molecule has 0 spiro atoms. The van der Waals surface area contributed by atoms with Gasteiger partial charge in [-0.2, -0.15) is 13.2 Å². The fourth-order valence-corrected chi connectivity index (χ4v) is 1.96. The summed E-state index contributed by atoms with van der Waals surface area (Å²) in [7, 11) is 1.10. The summed E-state index contributed by atoms with van der Waals surface area (Å²) in [5.41, 5.74) is 0.00992. The number of aryl methyl sites for hydroxylation is 1. The normalized spacial score (nSPS) is 12.3. The van der Waals surface area contributed by atoms with E-state index < -0.39 is 21.1 Å². The molecule has 0 aromatic heterocycles. The average Bonchev–Trinajstić information content (AvgIpc) is 2.17. The molecule has 0 aliphatic carbocycles. The Bertz CT molecular complexity index is 583. The van der Waals surface area contributed by atoms with Gasteiger partial charge in [-0.25, -0.2) is 8.42 Å². The fourth-order valence-electron chi connectivity index (χ4n) is 1.12. The van der Waals surface area contributed by atoms with Crippen molar-refractivity contribution in [2.75, 3.05) is 5.32 Å². The highest BCUT2D eigenvalue weighted by atomic mass is 35.7. The number of hydrogen-bond acceptors (Lipinski definition) is 3. The molecular weight excluding hydrogens is 295 g/mol. The van der Waals surface area contributed by atoms with E-state index in [9.17, 15) is 26.4 Å². The molecule has 1 N–H and O–H groups in total. The Morgan fingerprint density at radius 3 is 2.28 bits per heavy atom. The standard InChI is InChI=1S/C9H7ClF3NO3S/c1-5-4-6(18(10,16)17)2-3-7(5)14-8(15)9(11,12)13/h2-4H,1H3,(H,14,15). The van der Waals surface area contributed by atoms with E-state index in [0.29, 0.717) is 0 Å². The van der Waals surface area contributed by atoms with Crippen molar-refractivity contribution in [3.8, 4) is 0 Å². The number of anilines is 1. The van der Waals surface area contributed by atoms with Crippen LogP contribution < -0.4 is 5.32 Å². The van der Waals surface area contributed by atoms with Crippen molar-refractivity contribution in [1.29, 1.82) is 0 Å². The van der Waals surface area contributed by atoms with Gasteiger partial charge in [0.1, 0.15) is 0 Å². The van der Waals surface area contributed by atoms with Crippen LogP contribution in [0.5, 0.6) is 0 Å². The Balaban J connectivity index is 3.05. The number of carbonyl (C=O) groups is 1. The molecule has 100 valence electrons. The third kappa shape index (κ3) is 3.61. The van der Waals surface area contributed by atoms with Crippen molar-refractivity contribution in [1.82, 2.24) is 0 Å². The van der Waals surface area contributed by atoms with Gasteiger partial charge in [0.15, 0.2) is 0 Å². The Kier molecular flexibility index (Phi) is 3.92. The molecule has 18 heavy (non-hydrogen) atoms. The minimum Gasteiger partial charge on any atom is -0.318 e. The smallest absolute Gasteiger partial charge is 0.318 e. The Morgan fingerprint density at radius 1 is 1.33 bits per heavy atom. The third-order valence-electron chi connectivity index (χ3n) is 1.99. The molecule has 9 heteroatoms. The second kappa shape index (κ2) is 4.77. The molecule has 4 nitrogen and oxygen atoms in total. The van der Waals surface area contributed by atoms with Gasteiger partial charge in [-0.1, -0.05) is 0 Å². The summed E-state index contributed by atoms with van der Waals surface area (Å²) >= 11 is 0. The number of benzene rings is 1. The van der Waals surface area contributed by atoms with Crippen LogP contribution in [-0.2, 0) is 13.8 Å². The topological polar surface area (TPSA) is 63.2 Å². The molecule has 0 heterocycles. The Hall–Kier alpha value is -1.28. The Morgan fingerprint density at radius 2 is 1.89 bits per heavy atom. The lowest BCUT2D eigenvalue weighted by atomic mass is 10.2. The van der Waals surface area contributed by atoms with E-state index in [1.165, 1.54) is 6.92 Å². The molecular formula is C9H7ClF3NO3S. The first-order chi connectivity index (χ1) is 8.01. The molecule has 0 aliphatic rings. The van der Waals surface area contributed by atoms with Crippen molar-refractivity contribution in [2.24, 2.45) is 0 Å². The van der Waals surface area contributed by atoms with Crippen molar-refractivity contribution in [2.45, 2.75) is 18.0 Å². The number of hydrogen-bond donors (Lipinski definition) is 1. The quantitative estimate of drug-likeness (QED) is 0.853. The number of rotatable bonds is 2. The van der Waals surface area contributed by atoms with Crippen LogP contribution in [-0.4, -0.2) is 20.5 Å². The second-order valence-corrected chi connectivity index (χ2v) is 5.93. The molecule has 1 aromatic rings. The van der Waals surface area contributed by atoms with E-state index in [2.05, 4.69) is 0 Å². The van der Waals surface area contributed by atoms with Crippen LogP contribution >= 0.6 is 10.7 Å².